The van der Waals surface area contributed by atoms with Crippen LogP contribution in [0, 0.1) is 18.6 Å². The summed E-state index contributed by atoms with van der Waals surface area (Å²) < 4.78 is 54.6. The number of carbonyl (C=O) groups excluding carboxylic acids is 1. The summed E-state index contributed by atoms with van der Waals surface area (Å²) in [5.74, 6) is -2.16. The number of pyridine rings is 2. The molecule has 0 aliphatic carbocycles. The zero-order chi connectivity index (χ0) is 22.1. The molecule has 0 saturated carbocycles. The zero-order valence-corrected chi connectivity index (χ0v) is 17.3. The Labute approximate surface area is 176 Å². The molecule has 1 aromatic carbocycles. The van der Waals surface area contributed by atoms with Gasteiger partial charge in [0, 0.05) is 30.9 Å². The van der Waals surface area contributed by atoms with E-state index in [1.807, 2.05) is 0 Å². The fraction of sp³-hybridized carbons (Fsp3) is 0.105. The van der Waals surface area contributed by atoms with Crippen molar-refractivity contribution in [3.05, 3.63) is 65.1 Å². The van der Waals surface area contributed by atoms with E-state index in [0.29, 0.717) is 28.6 Å². The van der Waals surface area contributed by atoms with Gasteiger partial charge in [-0.15, -0.1) is 0 Å². The summed E-state index contributed by atoms with van der Waals surface area (Å²) in [6, 6.07) is 5.34. The maximum Gasteiger partial charge on any atom is 0.264 e. The minimum Gasteiger partial charge on any atom is -0.311 e. The molecule has 2 N–H and O–H groups in total. The Morgan fingerprint density at radius 2 is 1.87 bits per heavy atom. The number of anilines is 2. The summed E-state index contributed by atoms with van der Waals surface area (Å²) in [5.41, 5.74) is 1.44. The third-order valence-electron chi connectivity index (χ3n) is 4.09. The summed E-state index contributed by atoms with van der Waals surface area (Å²) >= 11 is 6.09. The zero-order valence-electron chi connectivity index (χ0n) is 15.7. The van der Waals surface area contributed by atoms with Crippen LogP contribution in [0.3, 0.4) is 0 Å². The number of nitrogens with one attached hydrogen (secondary N) is 2. The second-order valence-corrected chi connectivity index (χ2v) is 8.26. The summed E-state index contributed by atoms with van der Waals surface area (Å²) in [5, 5.41) is 2.40. The Kier molecular flexibility index (Phi) is 5.99. The molecular weight excluding hydrogens is 438 g/mol. The van der Waals surface area contributed by atoms with Gasteiger partial charge in [-0.1, -0.05) is 11.6 Å². The summed E-state index contributed by atoms with van der Waals surface area (Å²) in [7, 11) is -4.41. The number of nitrogens with zero attached hydrogens (tertiary/aromatic N) is 2. The highest BCUT2D eigenvalue weighted by atomic mass is 35.5. The average Bonchev–Trinajstić information content (AvgIpc) is 2.64. The van der Waals surface area contributed by atoms with Crippen molar-refractivity contribution >= 4 is 39.0 Å². The molecule has 2 aromatic heterocycles. The quantitative estimate of drug-likeness (QED) is 0.566. The molecule has 0 unspecified atom stereocenters. The van der Waals surface area contributed by atoms with Gasteiger partial charge in [-0.2, -0.15) is 0 Å². The Morgan fingerprint density at radius 3 is 2.53 bits per heavy atom. The van der Waals surface area contributed by atoms with Crippen molar-refractivity contribution in [3.63, 3.8) is 0 Å². The van der Waals surface area contributed by atoms with E-state index < -0.39 is 26.6 Å². The van der Waals surface area contributed by atoms with Crippen LogP contribution < -0.4 is 10.0 Å². The van der Waals surface area contributed by atoms with Gasteiger partial charge in [0.15, 0.2) is 5.15 Å². The molecule has 11 heteroatoms. The third kappa shape index (κ3) is 4.55. The minimum absolute atomic E-state index is 0.0595. The maximum atomic E-state index is 14.0. The van der Waals surface area contributed by atoms with E-state index >= 15 is 0 Å². The molecule has 156 valence electrons. The molecule has 0 radical (unpaired) electrons. The van der Waals surface area contributed by atoms with E-state index in [4.69, 9.17) is 11.6 Å². The van der Waals surface area contributed by atoms with Crippen molar-refractivity contribution in [2.75, 3.05) is 10.0 Å². The Hall–Kier alpha value is -3.11. The van der Waals surface area contributed by atoms with Gasteiger partial charge in [0.2, 0.25) is 5.91 Å². The minimum atomic E-state index is -4.41. The van der Waals surface area contributed by atoms with Gasteiger partial charge in [0.25, 0.3) is 10.0 Å². The molecule has 3 rings (SSSR count). The first-order chi connectivity index (χ1) is 14.1. The highest BCUT2D eigenvalue weighted by Crippen LogP contribution is 2.34. The smallest absolute Gasteiger partial charge is 0.264 e. The molecular formula is C19H15ClF2N4O3S. The fourth-order valence-corrected chi connectivity index (χ4v) is 4.20. The number of sulfonamides is 1. The van der Waals surface area contributed by atoms with Crippen molar-refractivity contribution < 1.29 is 22.0 Å². The average molecular weight is 453 g/mol. The predicted octanol–water partition coefficient (Wildman–Crippen LogP) is 4.14. The lowest BCUT2D eigenvalue weighted by Gasteiger charge is -2.15. The SMILES string of the molecule is CC(=O)Nc1cc(-c2cnc(Cl)c(NS(=O)(=O)c3ccc(F)cc3F)c2C)ccn1. The molecule has 2 heterocycles. The molecule has 0 aliphatic heterocycles. The van der Waals surface area contributed by atoms with E-state index in [1.54, 1.807) is 19.1 Å². The number of halogens is 3. The van der Waals surface area contributed by atoms with Crippen molar-refractivity contribution in [2.45, 2.75) is 18.7 Å². The molecule has 0 bridgehead atoms. The van der Waals surface area contributed by atoms with Crippen molar-refractivity contribution in [1.29, 1.82) is 0 Å². The standard InChI is InChI=1S/C19H15ClF2N4O3S/c1-10-14(12-5-6-23-17(7-12)25-11(2)27)9-24-19(20)18(10)26-30(28,29)16-4-3-13(21)8-15(16)22/h3-9,26H,1-2H3,(H,23,25,27). The van der Waals surface area contributed by atoms with E-state index in [-0.39, 0.29) is 16.7 Å². The Balaban J connectivity index is 2.04. The number of aromatic nitrogens is 2. The second kappa shape index (κ2) is 8.33. The van der Waals surface area contributed by atoms with E-state index in [0.717, 1.165) is 12.1 Å². The lowest BCUT2D eigenvalue weighted by atomic mass is 10.0. The molecule has 0 atom stereocenters. The van der Waals surface area contributed by atoms with Gasteiger partial charge in [0.1, 0.15) is 22.3 Å². The molecule has 0 fully saturated rings. The number of benzene rings is 1. The van der Waals surface area contributed by atoms with Gasteiger partial charge in [-0.25, -0.2) is 27.2 Å². The predicted molar refractivity (Wildman–Crippen MR) is 109 cm³/mol. The van der Waals surface area contributed by atoms with E-state index in [2.05, 4.69) is 20.0 Å². The molecule has 30 heavy (non-hydrogen) atoms. The molecule has 0 spiro atoms. The number of amides is 1. The Morgan fingerprint density at radius 1 is 1.13 bits per heavy atom. The number of rotatable bonds is 5. The monoisotopic (exact) mass is 452 g/mol. The lowest BCUT2D eigenvalue weighted by molar-refractivity contribution is -0.114. The largest absolute Gasteiger partial charge is 0.311 e. The van der Waals surface area contributed by atoms with Crippen LogP contribution in [0.15, 0.2) is 47.6 Å². The van der Waals surface area contributed by atoms with E-state index in [9.17, 15) is 22.0 Å². The molecule has 0 saturated heterocycles. The molecule has 0 aliphatic rings. The number of hydrogen-bond acceptors (Lipinski definition) is 5. The number of carbonyl (C=O) groups is 1. The van der Waals surface area contributed by atoms with Crippen LogP contribution >= 0.6 is 11.6 Å². The highest BCUT2D eigenvalue weighted by molar-refractivity contribution is 7.92. The van der Waals surface area contributed by atoms with Crippen LogP contribution in [0.2, 0.25) is 5.15 Å². The van der Waals surface area contributed by atoms with Gasteiger partial charge in [-0.3, -0.25) is 9.52 Å². The second-order valence-electron chi connectivity index (χ2n) is 6.25. The van der Waals surface area contributed by atoms with Gasteiger partial charge >= 0.3 is 0 Å². The van der Waals surface area contributed by atoms with Gasteiger partial charge in [0.05, 0.1) is 5.69 Å². The van der Waals surface area contributed by atoms with E-state index in [1.165, 1.54) is 19.3 Å². The van der Waals surface area contributed by atoms with Gasteiger partial charge < -0.3 is 5.32 Å². The van der Waals surface area contributed by atoms with Crippen LogP contribution in [0.4, 0.5) is 20.3 Å². The van der Waals surface area contributed by atoms with Crippen LogP contribution in [0.1, 0.15) is 12.5 Å². The van der Waals surface area contributed by atoms with Crippen LogP contribution in [-0.2, 0) is 14.8 Å². The molecule has 1 amide bonds. The third-order valence-corrected chi connectivity index (χ3v) is 5.76. The maximum absolute atomic E-state index is 14.0. The topological polar surface area (TPSA) is 101 Å². The molecule has 3 aromatic rings. The first-order valence-corrected chi connectivity index (χ1v) is 10.3. The number of hydrogen-bond donors (Lipinski definition) is 2. The Bertz CT molecular complexity index is 1250. The molecule has 7 nitrogen and oxygen atoms in total. The normalized spacial score (nSPS) is 11.2. The highest BCUT2D eigenvalue weighted by Gasteiger charge is 2.23. The first kappa shape index (κ1) is 21.6. The van der Waals surface area contributed by atoms with Crippen molar-refractivity contribution in [1.82, 2.24) is 9.97 Å². The van der Waals surface area contributed by atoms with Crippen LogP contribution in [-0.4, -0.2) is 24.3 Å². The van der Waals surface area contributed by atoms with Crippen LogP contribution in [0.5, 0.6) is 0 Å². The summed E-state index contributed by atoms with van der Waals surface area (Å²) in [6.07, 6.45) is 2.90. The van der Waals surface area contributed by atoms with Gasteiger partial charge in [-0.05, 0) is 42.3 Å². The fourth-order valence-electron chi connectivity index (χ4n) is 2.71. The van der Waals surface area contributed by atoms with Crippen molar-refractivity contribution in [3.8, 4) is 11.1 Å². The first-order valence-electron chi connectivity index (χ1n) is 8.45. The lowest BCUT2D eigenvalue weighted by Crippen LogP contribution is -2.16. The van der Waals surface area contributed by atoms with Crippen molar-refractivity contribution in [2.24, 2.45) is 0 Å². The summed E-state index contributed by atoms with van der Waals surface area (Å²) in [6.45, 7) is 2.94. The van der Waals surface area contributed by atoms with Crippen LogP contribution in [0.25, 0.3) is 11.1 Å². The summed E-state index contributed by atoms with van der Waals surface area (Å²) in [4.78, 5) is 18.5.